The molecule has 134 valence electrons. The largest absolute Gasteiger partial charge is 0.481 e. The minimum Gasteiger partial charge on any atom is -0.481 e. The molecule has 0 saturated heterocycles. The van der Waals surface area contributed by atoms with E-state index < -0.39 is 6.10 Å². The molecule has 26 heavy (non-hydrogen) atoms. The molecule has 3 rings (SSSR count). The van der Waals surface area contributed by atoms with Crippen LogP contribution >= 0.6 is 0 Å². The van der Waals surface area contributed by atoms with E-state index in [1.807, 2.05) is 68.4 Å². The highest BCUT2D eigenvalue weighted by atomic mass is 16.5. The van der Waals surface area contributed by atoms with Gasteiger partial charge in [-0.2, -0.15) is 4.98 Å². The number of carbonyl (C=O) groups is 1. The number of carbonyl (C=O) groups excluding carboxylic acids is 1. The van der Waals surface area contributed by atoms with Crippen LogP contribution in [0.4, 0.5) is 0 Å². The Balaban J connectivity index is 1.57. The standard InChI is InChI=1S/C20H21N3O3/c1-3-17(25-16-11-9-14(2)10-12-16)20(24)21-13-18-22-19(23-26-18)15-7-5-4-6-8-15/h4-12,17H,3,13H2,1-2H3,(H,21,24)/t17-/m1/s1. The number of hydrogen-bond donors (Lipinski definition) is 1. The lowest BCUT2D eigenvalue weighted by molar-refractivity contribution is -0.128. The van der Waals surface area contributed by atoms with Crippen LogP contribution in [0.25, 0.3) is 11.4 Å². The van der Waals surface area contributed by atoms with E-state index in [2.05, 4.69) is 15.5 Å². The first-order valence-corrected chi connectivity index (χ1v) is 8.54. The zero-order chi connectivity index (χ0) is 18.4. The molecule has 0 radical (unpaired) electrons. The Morgan fingerprint density at radius 2 is 1.88 bits per heavy atom. The molecule has 0 spiro atoms. The highest BCUT2D eigenvalue weighted by Crippen LogP contribution is 2.16. The molecule has 6 heteroatoms. The first-order valence-electron chi connectivity index (χ1n) is 8.54. The molecule has 1 atom stereocenters. The van der Waals surface area contributed by atoms with Gasteiger partial charge in [0.2, 0.25) is 11.7 Å². The van der Waals surface area contributed by atoms with Gasteiger partial charge in [0.05, 0.1) is 6.54 Å². The maximum absolute atomic E-state index is 12.4. The summed E-state index contributed by atoms with van der Waals surface area (Å²) in [6.45, 7) is 4.06. The van der Waals surface area contributed by atoms with Crippen molar-refractivity contribution < 1.29 is 14.1 Å². The van der Waals surface area contributed by atoms with Gasteiger partial charge in [-0.05, 0) is 25.5 Å². The van der Waals surface area contributed by atoms with E-state index in [1.54, 1.807) is 0 Å². The fourth-order valence-electron chi connectivity index (χ4n) is 2.41. The van der Waals surface area contributed by atoms with Gasteiger partial charge < -0.3 is 14.6 Å². The van der Waals surface area contributed by atoms with E-state index >= 15 is 0 Å². The predicted octanol–water partition coefficient (Wildman–Crippen LogP) is 3.52. The van der Waals surface area contributed by atoms with Gasteiger partial charge in [-0.3, -0.25) is 4.79 Å². The second-order valence-corrected chi connectivity index (χ2v) is 5.92. The lowest BCUT2D eigenvalue weighted by atomic mass is 10.2. The summed E-state index contributed by atoms with van der Waals surface area (Å²) in [6.07, 6.45) is -0.0204. The normalized spacial score (nSPS) is 11.8. The van der Waals surface area contributed by atoms with E-state index in [0.717, 1.165) is 11.1 Å². The van der Waals surface area contributed by atoms with E-state index in [1.165, 1.54) is 0 Å². The average molecular weight is 351 g/mol. The molecule has 6 nitrogen and oxygen atoms in total. The van der Waals surface area contributed by atoms with Crippen molar-refractivity contribution in [3.63, 3.8) is 0 Å². The number of aromatic nitrogens is 2. The summed E-state index contributed by atoms with van der Waals surface area (Å²) < 4.78 is 11.0. The Labute approximate surface area is 152 Å². The number of nitrogens with zero attached hydrogens (tertiary/aromatic N) is 2. The summed E-state index contributed by atoms with van der Waals surface area (Å²) in [5, 5.41) is 6.72. The second-order valence-electron chi connectivity index (χ2n) is 5.92. The Morgan fingerprint density at radius 3 is 2.58 bits per heavy atom. The van der Waals surface area contributed by atoms with E-state index in [0.29, 0.717) is 23.9 Å². The Morgan fingerprint density at radius 1 is 1.15 bits per heavy atom. The van der Waals surface area contributed by atoms with E-state index in [4.69, 9.17) is 9.26 Å². The molecule has 2 aromatic carbocycles. The SMILES string of the molecule is CC[C@@H](Oc1ccc(C)cc1)C(=O)NCc1nc(-c2ccccc2)no1. The molecule has 1 N–H and O–H groups in total. The zero-order valence-electron chi connectivity index (χ0n) is 14.8. The van der Waals surface area contributed by atoms with Crippen molar-refractivity contribution in [1.82, 2.24) is 15.5 Å². The average Bonchev–Trinajstić information content (AvgIpc) is 3.15. The molecule has 1 heterocycles. The Kier molecular flexibility index (Phi) is 5.63. The van der Waals surface area contributed by atoms with Crippen molar-refractivity contribution >= 4 is 5.91 Å². The van der Waals surface area contributed by atoms with Crippen molar-refractivity contribution in [2.75, 3.05) is 0 Å². The molecule has 3 aromatic rings. The minimum atomic E-state index is -0.575. The van der Waals surface area contributed by atoms with Crippen LogP contribution in [0.2, 0.25) is 0 Å². The van der Waals surface area contributed by atoms with Gasteiger partial charge in [0.15, 0.2) is 6.10 Å². The van der Waals surface area contributed by atoms with Crippen LogP contribution in [0.5, 0.6) is 5.75 Å². The highest BCUT2D eigenvalue weighted by molar-refractivity contribution is 5.81. The number of rotatable bonds is 7. The van der Waals surface area contributed by atoms with Crippen molar-refractivity contribution in [2.24, 2.45) is 0 Å². The van der Waals surface area contributed by atoms with Crippen LogP contribution in [0, 0.1) is 6.92 Å². The van der Waals surface area contributed by atoms with E-state index in [9.17, 15) is 4.79 Å². The number of amides is 1. The van der Waals surface area contributed by atoms with Crippen LogP contribution in [-0.4, -0.2) is 22.2 Å². The van der Waals surface area contributed by atoms with Crippen LogP contribution < -0.4 is 10.1 Å². The molecular weight excluding hydrogens is 330 g/mol. The molecule has 1 aromatic heterocycles. The molecule has 0 bridgehead atoms. The molecule has 0 aliphatic heterocycles. The van der Waals surface area contributed by atoms with Crippen molar-refractivity contribution in [3.8, 4) is 17.1 Å². The van der Waals surface area contributed by atoms with Crippen molar-refractivity contribution in [1.29, 1.82) is 0 Å². The van der Waals surface area contributed by atoms with Gasteiger partial charge in [0.25, 0.3) is 5.91 Å². The number of hydrogen-bond acceptors (Lipinski definition) is 5. The number of benzene rings is 2. The topological polar surface area (TPSA) is 77.2 Å². The summed E-state index contributed by atoms with van der Waals surface area (Å²) >= 11 is 0. The summed E-state index contributed by atoms with van der Waals surface area (Å²) in [7, 11) is 0. The van der Waals surface area contributed by atoms with Gasteiger partial charge in [0, 0.05) is 5.56 Å². The fourth-order valence-corrected chi connectivity index (χ4v) is 2.41. The zero-order valence-corrected chi connectivity index (χ0v) is 14.8. The second kappa shape index (κ2) is 8.29. The Bertz CT molecular complexity index is 844. The minimum absolute atomic E-state index is 0.159. The quantitative estimate of drug-likeness (QED) is 0.705. The fraction of sp³-hybridized carbons (Fsp3) is 0.250. The monoisotopic (exact) mass is 351 g/mol. The molecule has 0 aliphatic carbocycles. The number of aryl methyl sites for hydroxylation is 1. The molecule has 0 aliphatic rings. The molecule has 0 unspecified atom stereocenters. The third-order valence-corrected chi connectivity index (χ3v) is 3.88. The summed E-state index contributed by atoms with van der Waals surface area (Å²) in [4.78, 5) is 16.7. The van der Waals surface area contributed by atoms with Crippen LogP contribution in [0.1, 0.15) is 24.8 Å². The van der Waals surface area contributed by atoms with Gasteiger partial charge in [-0.25, -0.2) is 0 Å². The predicted molar refractivity (Wildman–Crippen MR) is 97.5 cm³/mol. The van der Waals surface area contributed by atoms with Crippen molar-refractivity contribution in [2.45, 2.75) is 32.9 Å². The van der Waals surface area contributed by atoms with E-state index in [-0.39, 0.29) is 12.5 Å². The first-order chi connectivity index (χ1) is 12.7. The molecule has 1 amide bonds. The van der Waals surface area contributed by atoms with Crippen LogP contribution in [0.3, 0.4) is 0 Å². The van der Waals surface area contributed by atoms with Crippen LogP contribution in [0.15, 0.2) is 59.1 Å². The summed E-state index contributed by atoms with van der Waals surface area (Å²) in [6, 6.07) is 17.1. The van der Waals surface area contributed by atoms with Gasteiger partial charge in [0.1, 0.15) is 5.75 Å². The van der Waals surface area contributed by atoms with Gasteiger partial charge >= 0.3 is 0 Å². The number of nitrogens with one attached hydrogen (secondary N) is 1. The lowest BCUT2D eigenvalue weighted by Gasteiger charge is -2.16. The molecule has 0 fully saturated rings. The highest BCUT2D eigenvalue weighted by Gasteiger charge is 2.19. The molecular formula is C20H21N3O3. The third kappa shape index (κ3) is 4.47. The number of ether oxygens (including phenoxy) is 1. The van der Waals surface area contributed by atoms with Gasteiger partial charge in [-0.15, -0.1) is 0 Å². The smallest absolute Gasteiger partial charge is 0.261 e. The third-order valence-electron chi connectivity index (χ3n) is 3.88. The maximum Gasteiger partial charge on any atom is 0.261 e. The summed E-state index contributed by atoms with van der Waals surface area (Å²) in [5.41, 5.74) is 2.00. The lowest BCUT2D eigenvalue weighted by Crippen LogP contribution is -2.37. The van der Waals surface area contributed by atoms with Crippen molar-refractivity contribution in [3.05, 3.63) is 66.1 Å². The first kappa shape index (κ1) is 17.7. The Hall–Kier alpha value is -3.15. The van der Waals surface area contributed by atoms with Crippen LogP contribution in [-0.2, 0) is 11.3 Å². The molecule has 0 saturated carbocycles. The van der Waals surface area contributed by atoms with Gasteiger partial charge in [-0.1, -0.05) is 60.1 Å². The summed E-state index contributed by atoms with van der Waals surface area (Å²) in [5.74, 6) is 1.30. The maximum atomic E-state index is 12.4.